The molecule has 0 spiro atoms. The number of hydrogen-bond donors (Lipinski definition) is 1. The van der Waals surface area contributed by atoms with E-state index in [9.17, 15) is 9.90 Å². The van der Waals surface area contributed by atoms with Gasteiger partial charge in [-0.2, -0.15) is 0 Å². The highest BCUT2D eigenvalue weighted by molar-refractivity contribution is 5.76. The summed E-state index contributed by atoms with van der Waals surface area (Å²) < 4.78 is 5.08. The summed E-state index contributed by atoms with van der Waals surface area (Å²) in [5.74, 6) is -0.759. The third-order valence-electron chi connectivity index (χ3n) is 3.81. The third kappa shape index (κ3) is 2.96. The molecule has 0 aromatic heterocycles. The van der Waals surface area contributed by atoms with Crippen molar-refractivity contribution in [2.75, 3.05) is 26.8 Å². The number of benzene rings is 1. The minimum Gasteiger partial charge on any atom is -0.481 e. The van der Waals surface area contributed by atoms with Crippen LogP contribution in [0.3, 0.4) is 0 Å². The summed E-state index contributed by atoms with van der Waals surface area (Å²) in [7, 11) is 1.96. The van der Waals surface area contributed by atoms with Gasteiger partial charge in [-0.25, -0.2) is 0 Å². The molecular formula is C15H21NO3. The lowest BCUT2D eigenvalue weighted by molar-refractivity contribution is -0.183. The summed E-state index contributed by atoms with van der Waals surface area (Å²) in [5, 5.41) is 9.27. The van der Waals surface area contributed by atoms with Gasteiger partial charge in [0.05, 0.1) is 13.2 Å². The highest BCUT2D eigenvalue weighted by Gasteiger charge is 2.46. The summed E-state index contributed by atoms with van der Waals surface area (Å²) in [6.45, 7) is 6.11. The molecule has 104 valence electrons. The summed E-state index contributed by atoms with van der Waals surface area (Å²) in [6.07, 6.45) is 0. The van der Waals surface area contributed by atoms with Crippen molar-refractivity contribution < 1.29 is 14.6 Å². The molecule has 19 heavy (non-hydrogen) atoms. The quantitative estimate of drug-likeness (QED) is 0.880. The van der Waals surface area contributed by atoms with E-state index in [4.69, 9.17) is 4.74 Å². The van der Waals surface area contributed by atoms with E-state index >= 15 is 0 Å². The maximum absolute atomic E-state index is 11.3. The number of ether oxygens (including phenoxy) is 1. The number of hydrogen-bond acceptors (Lipinski definition) is 3. The van der Waals surface area contributed by atoms with Gasteiger partial charge in [0, 0.05) is 13.1 Å². The largest absolute Gasteiger partial charge is 0.481 e. The van der Waals surface area contributed by atoms with Crippen LogP contribution in [0.5, 0.6) is 0 Å². The Hall–Kier alpha value is -1.39. The average Bonchev–Trinajstić information content (AvgIpc) is 2.28. The summed E-state index contributed by atoms with van der Waals surface area (Å²) in [5.41, 5.74) is 3.05. The smallest absolute Gasteiger partial charge is 0.315 e. The van der Waals surface area contributed by atoms with Gasteiger partial charge in [-0.3, -0.25) is 4.79 Å². The second-order valence-electron chi connectivity index (χ2n) is 5.67. The molecule has 1 aliphatic heterocycles. The normalized spacial score (nSPS) is 17.3. The molecule has 1 aromatic rings. The van der Waals surface area contributed by atoms with E-state index in [2.05, 4.69) is 36.9 Å². The van der Waals surface area contributed by atoms with Crippen molar-refractivity contribution in [3.05, 3.63) is 34.9 Å². The first-order valence-electron chi connectivity index (χ1n) is 6.49. The van der Waals surface area contributed by atoms with Crippen LogP contribution in [0.4, 0.5) is 0 Å². The molecule has 0 saturated carbocycles. The van der Waals surface area contributed by atoms with Crippen LogP contribution in [0.1, 0.15) is 16.7 Å². The number of rotatable bonds is 5. The molecule has 0 aliphatic carbocycles. The van der Waals surface area contributed by atoms with Crippen LogP contribution in [-0.4, -0.2) is 42.8 Å². The predicted octanol–water partition coefficient (Wildman–Crippen LogP) is 1.84. The Kier molecular flexibility index (Phi) is 3.92. The minimum absolute atomic E-state index is 0.319. The van der Waals surface area contributed by atoms with Gasteiger partial charge >= 0.3 is 5.97 Å². The first-order valence-corrected chi connectivity index (χ1v) is 6.49. The molecule has 1 fully saturated rings. The number of carboxylic acids is 1. The molecule has 1 N–H and O–H groups in total. The van der Waals surface area contributed by atoms with Gasteiger partial charge in [-0.15, -0.1) is 0 Å². The van der Waals surface area contributed by atoms with Crippen LogP contribution in [-0.2, 0) is 16.1 Å². The highest BCUT2D eigenvalue weighted by Crippen LogP contribution is 2.29. The molecule has 2 rings (SSSR count). The topological polar surface area (TPSA) is 49.8 Å². The van der Waals surface area contributed by atoms with Gasteiger partial charge in [0.2, 0.25) is 0 Å². The molecule has 0 radical (unpaired) electrons. The van der Waals surface area contributed by atoms with E-state index in [-0.39, 0.29) is 0 Å². The van der Waals surface area contributed by atoms with Crippen molar-refractivity contribution in [2.45, 2.75) is 20.4 Å². The van der Waals surface area contributed by atoms with E-state index in [1.54, 1.807) is 0 Å². The number of carbonyl (C=O) groups is 1. The summed E-state index contributed by atoms with van der Waals surface area (Å²) in [4.78, 5) is 13.3. The Labute approximate surface area is 114 Å². The predicted molar refractivity (Wildman–Crippen MR) is 73.1 cm³/mol. The van der Waals surface area contributed by atoms with E-state index in [0.29, 0.717) is 19.8 Å². The molecular weight excluding hydrogens is 242 g/mol. The second-order valence-corrected chi connectivity index (χ2v) is 5.67. The molecule has 1 heterocycles. The van der Waals surface area contributed by atoms with Crippen LogP contribution in [0, 0.1) is 19.3 Å². The third-order valence-corrected chi connectivity index (χ3v) is 3.81. The van der Waals surface area contributed by atoms with Crippen molar-refractivity contribution in [3.63, 3.8) is 0 Å². The van der Waals surface area contributed by atoms with Gasteiger partial charge in [-0.1, -0.05) is 18.2 Å². The zero-order chi connectivity index (χ0) is 14.0. The molecule has 4 heteroatoms. The molecule has 0 atom stereocenters. The van der Waals surface area contributed by atoms with Crippen molar-refractivity contribution in [3.8, 4) is 0 Å². The van der Waals surface area contributed by atoms with Crippen molar-refractivity contribution in [2.24, 2.45) is 5.41 Å². The minimum atomic E-state index is -0.759. The van der Waals surface area contributed by atoms with E-state index in [0.717, 1.165) is 6.54 Å². The standard InChI is InChI=1S/C15H21NO3/c1-11-4-5-13(6-12(11)2)7-16(3)8-15(14(17)18)9-19-10-15/h4-6H,7-10H2,1-3H3,(H,17,18). The molecule has 4 nitrogen and oxygen atoms in total. The lowest BCUT2D eigenvalue weighted by atomic mass is 9.85. The Morgan fingerprint density at radius 2 is 2.05 bits per heavy atom. The van der Waals surface area contributed by atoms with Crippen LogP contribution < -0.4 is 0 Å². The summed E-state index contributed by atoms with van der Waals surface area (Å²) in [6, 6.07) is 6.37. The lowest BCUT2D eigenvalue weighted by Gasteiger charge is -2.40. The van der Waals surface area contributed by atoms with Gasteiger partial charge in [0.25, 0.3) is 0 Å². The fraction of sp³-hybridized carbons (Fsp3) is 0.533. The van der Waals surface area contributed by atoms with Crippen molar-refractivity contribution in [1.82, 2.24) is 4.90 Å². The first-order chi connectivity index (χ1) is 8.93. The number of aryl methyl sites for hydroxylation is 2. The van der Waals surface area contributed by atoms with Gasteiger partial charge in [0.1, 0.15) is 5.41 Å². The summed E-state index contributed by atoms with van der Waals surface area (Å²) >= 11 is 0. The van der Waals surface area contributed by atoms with Crippen LogP contribution in [0.15, 0.2) is 18.2 Å². The Bertz CT molecular complexity index is 480. The molecule has 1 aliphatic rings. The maximum atomic E-state index is 11.3. The van der Waals surface area contributed by atoms with Crippen LogP contribution in [0.25, 0.3) is 0 Å². The Morgan fingerprint density at radius 3 is 2.53 bits per heavy atom. The fourth-order valence-corrected chi connectivity index (χ4v) is 2.42. The zero-order valence-corrected chi connectivity index (χ0v) is 11.8. The molecule has 0 amide bonds. The number of nitrogens with zero attached hydrogens (tertiary/aromatic N) is 1. The molecule has 0 bridgehead atoms. The van der Waals surface area contributed by atoms with Crippen molar-refractivity contribution in [1.29, 1.82) is 0 Å². The average molecular weight is 263 g/mol. The van der Waals surface area contributed by atoms with Crippen LogP contribution in [0.2, 0.25) is 0 Å². The number of aliphatic carboxylic acids is 1. The lowest BCUT2D eigenvalue weighted by Crippen LogP contribution is -2.55. The fourth-order valence-electron chi connectivity index (χ4n) is 2.42. The molecule has 1 saturated heterocycles. The maximum Gasteiger partial charge on any atom is 0.315 e. The molecule has 1 aromatic carbocycles. The van der Waals surface area contributed by atoms with Crippen molar-refractivity contribution >= 4 is 5.97 Å². The molecule has 0 unspecified atom stereocenters. The Balaban J connectivity index is 1.99. The second kappa shape index (κ2) is 5.31. The van der Waals surface area contributed by atoms with Gasteiger partial charge in [0.15, 0.2) is 0 Å². The number of carboxylic acid groups (broad SMARTS) is 1. The SMILES string of the molecule is Cc1ccc(CN(C)CC2(C(=O)O)COC2)cc1C. The van der Waals surface area contributed by atoms with Gasteiger partial charge in [-0.05, 0) is 37.6 Å². The highest BCUT2D eigenvalue weighted by atomic mass is 16.5. The van der Waals surface area contributed by atoms with Crippen LogP contribution >= 0.6 is 0 Å². The van der Waals surface area contributed by atoms with E-state index in [1.165, 1.54) is 16.7 Å². The van der Waals surface area contributed by atoms with Gasteiger partial charge < -0.3 is 14.7 Å². The zero-order valence-electron chi connectivity index (χ0n) is 11.8. The van der Waals surface area contributed by atoms with E-state index in [1.807, 2.05) is 7.05 Å². The monoisotopic (exact) mass is 263 g/mol. The Morgan fingerprint density at radius 1 is 1.37 bits per heavy atom. The van der Waals surface area contributed by atoms with E-state index < -0.39 is 11.4 Å². The first kappa shape index (κ1) is 14.0.